The van der Waals surface area contributed by atoms with E-state index < -0.39 is 0 Å². The number of pyridine rings is 1. The second kappa shape index (κ2) is 6.12. The fraction of sp³-hybridized carbons (Fsp3) is 0.222. The van der Waals surface area contributed by atoms with Crippen LogP contribution in [0.2, 0.25) is 0 Å². The van der Waals surface area contributed by atoms with E-state index in [1.807, 2.05) is 67.5 Å². The van der Waals surface area contributed by atoms with Crippen LogP contribution >= 0.6 is 0 Å². The van der Waals surface area contributed by atoms with Gasteiger partial charge >= 0.3 is 0 Å². The molecule has 112 valence electrons. The zero-order valence-corrected chi connectivity index (χ0v) is 12.8. The summed E-state index contributed by atoms with van der Waals surface area (Å²) in [4.78, 5) is 19.1. The maximum atomic E-state index is 12.5. The first kappa shape index (κ1) is 14.5. The molecule has 4 nitrogen and oxygen atoms in total. The Hall–Kier alpha value is -2.46. The second-order valence-corrected chi connectivity index (χ2v) is 5.58. The largest absolute Gasteiger partial charge is 0.349 e. The molecule has 0 bridgehead atoms. The topological polar surface area (TPSA) is 45.2 Å². The monoisotopic (exact) mass is 293 g/mol. The SMILES string of the molecule is CN(C)CCNC(=O)c1nc2ccccc2c2ccccc12. The van der Waals surface area contributed by atoms with Gasteiger partial charge in [-0.15, -0.1) is 0 Å². The lowest BCUT2D eigenvalue weighted by atomic mass is 10.0. The van der Waals surface area contributed by atoms with Crippen LogP contribution in [0.4, 0.5) is 0 Å². The number of carbonyl (C=O) groups excluding carboxylic acids is 1. The molecule has 3 rings (SSSR count). The number of aromatic nitrogens is 1. The Labute approximate surface area is 129 Å². The van der Waals surface area contributed by atoms with Crippen molar-refractivity contribution in [3.8, 4) is 0 Å². The number of nitrogens with one attached hydrogen (secondary N) is 1. The molecule has 0 radical (unpaired) electrons. The highest BCUT2D eigenvalue weighted by Crippen LogP contribution is 2.26. The minimum atomic E-state index is -0.121. The summed E-state index contributed by atoms with van der Waals surface area (Å²) in [6, 6.07) is 15.8. The van der Waals surface area contributed by atoms with Crippen LogP contribution in [-0.2, 0) is 0 Å². The Morgan fingerprint density at radius 2 is 1.64 bits per heavy atom. The van der Waals surface area contributed by atoms with Crippen LogP contribution in [0, 0.1) is 0 Å². The third-order valence-electron chi connectivity index (χ3n) is 3.67. The Kier molecular flexibility index (Phi) is 4.02. The van der Waals surface area contributed by atoms with Gasteiger partial charge < -0.3 is 10.2 Å². The van der Waals surface area contributed by atoms with Gasteiger partial charge in [0.05, 0.1) is 5.52 Å². The van der Waals surface area contributed by atoms with Crippen molar-refractivity contribution in [3.05, 3.63) is 54.2 Å². The van der Waals surface area contributed by atoms with E-state index in [4.69, 9.17) is 0 Å². The fourth-order valence-corrected chi connectivity index (χ4v) is 2.55. The van der Waals surface area contributed by atoms with Gasteiger partial charge in [0.2, 0.25) is 0 Å². The zero-order valence-electron chi connectivity index (χ0n) is 12.8. The normalized spacial score (nSPS) is 11.2. The molecular formula is C18H19N3O. The molecule has 0 aliphatic rings. The van der Waals surface area contributed by atoms with E-state index in [1.54, 1.807) is 0 Å². The van der Waals surface area contributed by atoms with Gasteiger partial charge in [-0.1, -0.05) is 42.5 Å². The molecule has 4 heteroatoms. The number of hydrogen-bond acceptors (Lipinski definition) is 3. The summed E-state index contributed by atoms with van der Waals surface area (Å²) in [6.45, 7) is 1.41. The first-order valence-corrected chi connectivity index (χ1v) is 7.37. The second-order valence-electron chi connectivity index (χ2n) is 5.58. The van der Waals surface area contributed by atoms with Crippen molar-refractivity contribution >= 4 is 27.6 Å². The van der Waals surface area contributed by atoms with E-state index in [9.17, 15) is 4.79 Å². The summed E-state index contributed by atoms with van der Waals surface area (Å²) in [5, 5.41) is 5.97. The molecule has 1 aromatic heterocycles. The van der Waals surface area contributed by atoms with Gasteiger partial charge in [-0.2, -0.15) is 0 Å². The van der Waals surface area contributed by atoms with E-state index >= 15 is 0 Å². The average Bonchev–Trinajstić information content (AvgIpc) is 2.53. The molecule has 1 amide bonds. The molecule has 0 aliphatic heterocycles. The highest BCUT2D eigenvalue weighted by molar-refractivity contribution is 6.14. The van der Waals surface area contributed by atoms with Crippen LogP contribution in [0.3, 0.4) is 0 Å². The Bertz CT molecular complexity index is 827. The molecule has 22 heavy (non-hydrogen) atoms. The van der Waals surface area contributed by atoms with Gasteiger partial charge in [-0.25, -0.2) is 4.98 Å². The highest BCUT2D eigenvalue weighted by atomic mass is 16.1. The lowest BCUT2D eigenvalue weighted by Crippen LogP contribution is -2.31. The molecule has 0 unspecified atom stereocenters. The van der Waals surface area contributed by atoms with E-state index in [1.165, 1.54) is 0 Å². The van der Waals surface area contributed by atoms with Crippen LogP contribution in [-0.4, -0.2) is 43.0 Å². The van der Waals surface area contributed by atoms with E-state index in [2.05, 4.69) is 10.3 Å². The number of rotatable bonds is 4. The van der Waals surface area contributed by atoms with Crippen molar-refractivity contribution < 1.29 is 4.79 Å². The summed E-state index contributed by atoms with van der Waals surface area (Å²) in [6.07, 6.45) is 0. The van der Waals surface area contributed by atoms with Gasteiger partial charge in [-0.05, 0) is 25.5 Å². The van der Waals surface area contributed by atoms with E-state index in [0.717, 1.165) is 28.2 Å². The lowest BCUT2D eigenvalue weighted by Gasteiger charge is -2.12. The summed E-state index contributed by atoms with van der Waals surface area (Å²) in [5.74, 6) is -0.121. The number of fused-ring (bicyclic) bond motifs is 3. The Balaban J connectivity index is 2.05. The summed E-state index contributed by atoms with van der Waals surface area (Å²) in [5.41, 5.74) is 1.34. The summed E-state index contributed by atoms with van der Waals surface area (Å²) < 4.78 is 0. The van der Waals surface area contributed by atoms with E-state index in [-0.39, 0.29) is 5.91 Å². The zero-order chi connectivity index (χ0) is 15.5. The molecule has 3 aromatic rings. The molecule has 2 aromatic carbocycles. The van der Waals surface area contributed by atoms with Crippen LogP contribution in [0.15, 0.2) is 48.5 Å². The molecular weight excluding hydrogens is 274 g/mol. The average molecular weight is 293 g/mol. The Morgan fingerprint density at radius 1 is 1.00 bits per heavy atom. The number of likely N-dealkylation sites (N-methyl/N-ethyl adjacent to an activating group) is 1. The van der Waals surface area contributed by atoms with Crippen LogP contribution in [0.5, 0.6) is 0 Å². The first-order valence-electron chi connectivity index (χ1n) is 7.37. The number of para-hydroxylation sites is 1. The van der Waals surface area contributed by atoms with Crippen molar-refractivity contribution in [2.75, 3.05) is 27.2 Å². The molecule has 0 saturated carbocycles. The number of nitrogens with zero attached hydrogens (tertiary/aromatic N) is 2. The molecule has 1 heterocycles. The molecule has 0 atom stereocenters. The summed E-state index contributed by atoms with van der Waals surface area (Å²) in [7, 11) is 3.96. The van der Waals surface area contributed by atoms with Crippen molar-refractivity contribution in [2.45, 2.75) is 0 Å². The van der Waals surface area contributed by atoms with Gasteiger partial charge in [-0.3, -0.25) is 4.79 Å². The number of benzene rings is 2. The predicted octanol–water partition coefficient (Wildman–Crippen LogP) is 2.68. The molecule has 1 N–H and O–H groups in total. The van der Waals surface area contributed by atoms with Gasteiger partial charge in [0, 0.05) is 23.9 Å². The van der Waals surface area contributed by atoms with Crippen LogP contribution in [0.25, 0.3) is 21.7 Å². The quantitative estimate of drug-likeness (QED) is 0.752. The van der Waals surface area contributed by atoms with E-state index in [0.29, 0.717) is 12.2 Å². The maximum absolute atomic E-state index is 12.5. The van der Waals surface area contributed by atoms with Crippen molar-refractivity contribution in [3.63, 3.8) is 0 Å². The van der Waals surface area contributed by atoms with Gasteiger partial charge in [0.15, 0.2) is 0 Å². The minimum Gasteiger partial charge on any atom is -0.349 e. The van der Waals surface area contributed by atoms with Crippen molar-refractivity contribution in [1.82, 2.24) is 15.2 Å². The van der Waals surface area contributed by atoms with Crippen LogP contribution < -0.4 is 5.32 Å². The maximum Gasteiger partial charge on any atom is 0.270 e. The minimum absolute atomic E-state index is 0.121. The smallest absolute Gasteiger partial charge is 0.270 e. The molecule has 0 saturated heterocycles. The number of amides is 1. The highest BCUT2D eigenvalue weighted by Gasteiger charge is 2.14. The molecule has 0 fully saturated rings. The summed E-state index contributed by atoms with van der Waals surface area (Å²) >= 11 is 0. The lowest BCUT2D eigenvalue weighted by molar-refractivity contribution is 0.0948. The predicted molar refractivity (Wildman–Crippen MR) is 90.1 cm³/mol. The van der Waals surface area contributed by atoms with Crippen LogP contribution in [0.1, 0.15) is 10.5 Å². The fourth-order valence-electron chi connectivity index (χ4n) is 2.55. The molecule has 0 spiro atoms. The third kappa shape index (κ3) is 2.78. The standard InChI is InChI=1S/C18H19N3O/c1-21(2)12-11-19-18(22)17-15-9-4-3-7-13(15)14-8-5-6-10-16(14)20-17/h3-10H,11-12H2,1-2H3,(H,19,22). The van der Waals surface area contributed by atoms with Crippen molar-refractivity contribution in [2.24, 2.45) is 0 Å². The third-order valence-corrected chi connectivity index (χ3v) is 3.67. The Morgan fingerprint density at radius 3 is 2.36 bits per heavy atom. The number of hydrogen-bond donors (Lipinski definition) is 1. The first-order chi connectivity index (χ1) is 10.7. The van der Waals surface area contributed by atoms with Crippen molar-refractivity contribution in [1.29, 1.82) is 0 Å². The van der Waals surface area contributed by atoms with Gasteiger partial charge in [0.25, 0.3) is 5.91 Å². The molecule has 0 aliphatic carbocycles. The van der Waals surface area contributed by atoms with Gasteiger partial charge in [0.1, 0.15) is 5.69 Å². The number of carbonyl (C=O) groups is 1.